The van der Waals surface area contributed by atoms with Crippen molar-refractivity contribution in [3.05, 3.63) is 47.6 Å². The maximum atomic E-state index is 4.46. The van der Waals surface area contributed by atoms with Gasteiger partial charge >= 0.3 is 0 Å². The first-order valence-electron chi connectivity index (χ1n) is 7.71. The van der Waals surface area contributed by atoms with Crippen molar-refractivity contribution in [2.75, 3.05) is 6.54 Å². The van der Waals surface area contributed by atoms with Crippen LogP contribution in [0.1, 0.15) is 42.0 Å². The van der Waals surface area contributed by atoms with Crippen LogP contribution in [0.25, 0.3) is 6.20 Å². The second kappa shape index (κ2) is 5.53. The van der Waals surface area contributed by atoms with Crippen LogP contribution in [0.3, 0.4) is 0 Å². The Kier molecular flexibility index (Phi) is 3.72. The van der Waals surface area contributed by atoms with Crippen LogP contribution in [0.15, 0.2) is 24.9 Å². The molecular formula is C17H24N4. The second-order valence-corrected chi connectivity index (χ2v) is 5.85. The summed E-state index contributed by atoms with van der Waals surface area (Å²) in [5.74, 6) is 0. The van der Waals surface area contributed by atoms with Gasteiger partial charge in [0.05, 0.1) is 11.7 Å². The lowest BCUT2D eigenvalue weighted by Crippen LogP contribution is -2.37. The van der Waals surface area contributed by atoms with Gasteiger partial charge in [0.25, 0.3) is 0 Å². The van der Waals surface area contributed by atoms with Crippen LogP contribution in [-0.2, 0) is 13.1 Å². The summed E-state index contributed by atoms with van der Waals surface area (Å²) in [6.07, 6.45) is 4.98. The zero-order chi connectivity index (χ0) is 15.0. The van der Waals surface area contributed by atoms with Gasteiger partial charge in [0, 0.05) is 49.0 Å². The molecule has 0 fully saturated rings. The molecule has 4 nitrogen and oxygen atoms in total. The molecule has 3 rings (SSSR count). The molecule has 0 N–H and O–H groups in total. The molecule has 112 valence electrons. The average Bonchev–Trinajstić information content (AvgIpc) is 3.03. The van der Waals surface area contributed by atoms with Crippen LogP contribution < -0.4 is 0 Å². The number of aryl methyl sites for hydroxylation is 2. The Bertz CT molecular complexity index is 650. The molecule has 1 aliphatic rings. The fourth-order valence-electron chi connectivity index (χ4n) is 3.40. The highest BCUT2D eigenvalue weighted by Gasteiger charge is 2.27. The molecule has 0 spiro atoms. The molecule has 0 aromatic carbocycles. The molecule has 0 radical (unpaired) electrons. The van der Waals surface area contributed by atoms with E-state index in [1.807, 2.05) is 4.68 Å². The van der Waals surface area contributed by atoms with E-state index in [1.165, 1.54) is 17.0 Å². The minimum atomic E-state index is 0.499. The number of hydrogen-bond donors (Lipinski definition) is 0. The number of nitrogens with zero attached hydrogens (tertiary/aromatic N) is 4. The summed E-state index contributed by atoms with van der Waals surface area (Å²) >= 11 is 0. The summed E-state index contributed by atoms with van der Waals surface area (Å²) in [5.41, 5.74) is 5.22. The molecule has 4 heteroatoms. The van der Waals surface area contributed by atoms with Gasteiger partial charge < -0.3 is 4.57 Å². The van der Waals surface area contributed by atoms with Crippen LogP contribution in [-0.4, -0.2) is 25.8 Å². The highest BCUT2D eigenvalue weighted by atomic mass is 15.3. The number of fused-ring (bicyclic) bond motifs is 1. The minimum Gasteiger partial charge on any atom is -0.346 e. The van der Waals surface area contributed by atoms with Gasteiger partial charge in [-0.3, -0.25) is 4.90 Å². The summed E-state index contributed by atoms with van der Waals surface area (Å²) in [7, 11) is 0. The third-order valence-electron chi connectivity index (χ3n) is 4.59. The molecule has 0 aliphatic carbocycles. The molecule has 0 amide bonds. The second-order valence-electron chi connectivity index (χ2n) is 5.85. The quantitative estimate of drug-likeness (QED) is 0.860. The van der Waals surface area contributed by atoms with E-state index in [-0.39, 0.29) is 0 Å². The topological polar surface area (TPSA) is 26.0 Å². The maximum Gasteiger partial charge on any atom is 0.0642 e. The van der Waals surface area contributed by atoms with Gasteiger partial charge in [-0.1, -0.05) is 13.5 Å². The fraction of sp³-hybridized carbons (Fsp3) is 0.471. The van der Waals surface area contributed by atoms with Gasteiger partial charge in [-0.15, -0.1) is 0 Å². The highest BCUT2D eigenvalue weighted by molar-refractivity contribution is 5.25. The Morgan fingerprint density at radius 2 is 2.14 bits per heavy atom. The van der Waals surface area contributed by atoms with E-state index in [2.05, 4.69) is 60.2 Å². The van der Waals surface area contributed by atoms with E-state index in [4.69, 9.17) is 0 Å². The first-order chi connectivity index (χ1) is 10.1. The van der Waals surface area contributed by atoms with Crippen molar-refractivity contribution in [2.45, 2.75) is 46.3 Å². The fourth-order valence-corrected chi connectivity index (χ4v) is 3.40. The molecule has 2 aromatic rings. The molecule has 2 aromatic heterocycles. The molecular weight excluding hydrogens is 260 g/mol. The van der Waals surface area contributed by atoms with Gasteiger partial charge in [0.15, 0.2) is 0 Å². The van der Waals surface area contributed by atoms with E-state index >= 15 is 0 Å². The number of aromatic nitrogens is 3. The summed E-state index contributed by atoms with van der Waals surface area (Å²) < 4.78 is 4.27. The largest absolute Gasteiger partial charge is 0.346 e. The van der Waals surface area contributed by atoms with Crippen molar-refractivity contribution in [3.63, 3.8) is 0 Å². The van der Waals surface area contributed by atoms with Crippen LogP contribution in [0.4, 0.5) is 0 Å². The van der Waals surface area contributed by atoms with Gasteiger partial charge in [-0.05, 0) is 32.4 Å². The smallest absolute Gasteiger partial charge is 0.0642 e. The minimum absolute atomic E-state index is 0.499. The predicted molar refractivity (Wildman–Crippen MR) is 86.0 cm³/mol. The lowest BCUT2D eigenvalue weighted by molar-refractivity contribution is 0.143. The Morgan fingerprint density at radius 3 is 2.81 bits per heavy atom. The molecule has 21 heavy (non-hydrogen) atoms. The Labute approximate surface area is 126 Å². The Hall–Kier alpha value is -1.81. The molecule has 0 saturated heterocycles. The summed E-state index contributed by atoms with van der Waals surface area (Å²) in [5, 5.41) is 4.46. The monoisotopic (exact) mass is 284 g/mol. The first kappa shape index (κ1) is 14.1. The van der Waals surface area contributed by atoms with Gasteiger partial charge in [0.2, 0.25) is 0 Å². The number of hydrogen-bond acceptors (Lipinski definition) is 2. The van der Waals surface area contributed by atoms with Gasteiger partial charge in [-0.2, -0.15) is 5.10 Å². The normalized spacial score (nSPS) is 18.7. The van der Waals surface area contributed by atoms with E-state index < -0.39 is 0 Å². The van der Waals surface area contributed by atoms with Crippen LogP contribution in [0.5, 0.6) is 0 Å². The first-order valence-corrected chi connectivity index (χ1v) is 7.71. The van der Waals surface area contributed by atoms with E-state index in [1.54, 1.807) is 6.20 Å². The molecule has 0 bridgehead atoms. The number of rotatable bonds is 4. The van der Waals surface area contributed by atoms with E-state index in [9.17, 15) is 0 Å². The third-order valence-corrected chi connectivity index (χ3v) is 4.59. The van der Waals surface area contributed by atoms with Crippen molar-refractivity contribution >= 4 is 6.20 Å². The zero-order valence-corrected chi connectivity index (χ0v) is 13.2. The molecule has 1 unspecified atom stereocenters. The van der Waals surface area contributed by atoms with Gasteiger partial charge in [0.1, 0.15) is 0 Å². The molecule has 0 saturated carbocycles. The predicted octanol–water partition coefficient (Wildman–Crippen LogP) is 3.37. The summed E-state index contributed by atoms with van der Waals surface area (Å²) in [6, 6.07) is 5.02. The van der Waals surface area contributed by atoms with Crippen LogP contribution >= 0.6 is 0 Å². The summed E-state index contributed by atoms with van der Waals surface area (Å²) in [6.45, 7) is 13.5. The SMILES string of the molecule is C=Cn1cc(CN2CCn3c(C)ccc3C2CC)c(C)n1. The third kappa shape index (κ3) is 2.44. The van der Waals surface area contributed by atoms with Crippen LogP contribution in [0.2, 0.25) is 0 Å². The molecule has 3 heterocycles. The lowest BCUT2D eigenvalue weighted by Gasteiger charge is -2.37. The van der Waals surface area contributed by atoms with E-state index in [0.29, 0.717) is 6.04 Å². The van der Waals surface area contributed by atoms with Crippen molar-refractivity contribution in [1.29, 1.82) is 0 Å². The Balaban J connectivity index is 1.85. The van der Waals surface area contributed by atoms with E-state index in [0.717, 1.165) is 31.7 Å². The standard InChI is InChI=1S/C17H24N4/c1-5-16-17-8-7-13(3)21(17)10-9-19(16)11-15-12-20(6-2)18-14(15)4/h6-8,12,16H,2,5,9-11H2,1,3-4H3. The zero-order valence-electron chi connectivity index (χ0n) is 13.2. The average molecular weight is 284 g/mol. The lowest BCUT2D eigenvalue weighted by atomic mass is 10.1. The summed E-state index contributed by atoms with van der Waals surface area (Å²) in [4.78, 5) is 2.58. The van der Waals surface area contributed by atoms with Crippen molar-refractivity contribution in [1.82, 2.24) is 19.2 Å². The van der Waals surface area contributed by atoms with Crippen molar-refractivity contribution < 1.29 is 0 Å². The Morgan fingerprint density at radius 1 is 1.33 bits per heavy atom. The maximum absolute atomic E-state index is 4.46. The molecule has 1 atom stereocenters. The highest BCUT2D eigenvalue weighted by Crippen LogP contribution is 2.31. The molecule has 1 aliphatic heterocycles. The van der Waals surface area contributed by atoms with Crippen LogP contribution in [0, 0.1) is 13.8 Å². The van der Waals surface area contributed by atoms with Gasteiger partial charge in [-0.25, -0.2) is 4.68 Å². The van der Waals surface area contributed by atoms with Crippen molar-refractivity contribution in [2.24, 2.45) is 0 Å². The van der Waals surface area contributed by atoms with Crippen molar-refractivity contribution in [3.8, 4) is 0 Å².